The summed E-state index contributed by atoms with van der Waals surface area (Å²) in [6.45, 7) is 5.99. The first-order valence-electron chi connectivity index (χ1n) is 7.65. The molecule has 2 rings (SSSR count). The molecule has 0 amide bonds. The van der Waals surface area contributed by atoms with Gasteiger partial charge in [-0.15, -0.1) is 0 Å². The molecule has 137 valence electrons. The molecular formula is C18H21N3O4V. The molecule has 0 atom stereocenters. The number of para-hydroxylation sites is 1. The molecule has 0 unspecified atom stereocenters. The van der Waals surface area contributed by atoms with Crippen LogP contribution in [-0.4, -0.2) is 35.1 Å². The molecule has 1 heterocycles. The molecule has 0 bridgehead atoms. The van der Waals surface area contributed by atoms with Gasteiger partial charge in [-0.2, -0.15) is 9.97 Å². The minimum Gasteiger partial charge on any atom is -0.503 e. The number of carbonyl (C=O) groups excluding carboxylic acids is 1. The normalized spacial score (nSPS) is 11.3. The van der Waals surface area contributed by atoms with Crippen LogP contribution in [0.4, 0.5) is 0 Å². The zero-order valence-electron chi connectivity index (χ0n) is 15.4. The van der Waals surface area contributed by atoms with E-state index in [4.69, 9.17) is 14.2 Å². The van der Waals surface area contributed by atoms with E-state index in [9.17, 15) is 4.79 Å². The van der Waals surface area contributed by atoms with Crippen LogP contribution < -0.4 is 4.74 Å². The molecule has 1 aromatic heterocycles. The van der Waals surface area contributed by atoms with Crippen molar-refractivity contribution in [3.8, 4) is 11.8 Å². The van der Waals surface area contributed by atoms with E-state index in [2.05, 4.69) is 15.0 Å². The van der Waals surface area contributed by atoms with Crippen LogP contribution in [0.1, 0.15) is 32.2 Å². The second kappa shape index (κ2) is 9.36. The molecule has 2 aromatic rings. The van der Waals surface area contributed by atoms with Gasteiger partial charge in [-0.3, -0.25) is 0 Å². The van der Waals surface area contributed by atoms with E-state index >= 15 is 0 Å². The number of rotatable bonds is 5. The van der Waals surface area contributed by atoms with Gasteiger partial charge in [0.25, 0.3) is 0 Å². The number of hydrogen-bond donors (Lipinski definition) is 0. The van der Waals surface area contributed by atoms with Crippen LogP contribution in [0.5, 0.6) is 11.8 Å². The molecule has 0 aliphatic heterocycles. The van der Waals surface area contributed by atoms with E-state index < -0.39 is 5.97 Å². The van der Waals surface area contributed by atoms with Crippen molar-refractivity contribution in [3.63, 3.8) is 0 Å². The topological polar surface area (TPSA) is 83.4 Å². The number of hydrogen-bond acceptors (Lipinski definition) is 7. The Morgan fingerprint density at radius 1 is 1.12 bits per heavy atom. The molecule has 0 aliphatic rings. The van der Waals surface area contributed by atoms with E-state index in [1.807, 2.05) is 20.8 Å². The fourth-order valence-corrected chi connectivity index (χ4v) is 2.02. The van der Waals surface area contributed by atoms with Crippen molar-refractivity contribution in [3.05, 3.63) is 48.2 Å². The van der Waals surface area contributed by atoms with Crippen LogP contribution in [0.2, 0.25) is 0 Å². The molecule has 26 heavy (non-hydrogen) atoms. The summed E-state index contributed by atoms with van der Waals surface area (Å²) >= 11 is 0. The van der Waals surface area contributed by atoms with Crippen LogP contribution in [0.15, 0.2) is 36.9 Å². The first kappa shape index (κ1) is 21.7. The fraction of sp³-hybridized carbons (Fsp3) is 0.333. The van der Waals surface area contributed by atoms with E-state index in [1.54, 1.807) is 24.3 Å². The van der Waals surface area contributed by atoms with E-state index in [0.717, 1.165) is 0 Å². The van der Waals surface area contributed by atoms with E-state index in [0.29, 0.717) is 17.1 Å². The van der Waals surface area contributed by atoms with Crippen molar-refractivity contribution in [2.24, 2.45) is 0 Å². The third-order valence-corrected chi connectivity index (χ3v) is 3.24. The predicted octanol–water partition coefficient (Wildman–Crippen LogP) is 3.12. The van der Waals surface area contributed by atoms with Gasteiger partial charge >= 0.3 is 12.0 Å². The summed E-state index contributed by atoms with van der Waals surface area (Å²) in [6.07, 6.45) is 2.71. The zero-order valence-corrected chi connectivity index (χ0v) is 16.8. The van der Waals surface area contributed by atoms with Crippen LogP contribution in [0.25, 0.3) is 5.57 Å². The zero-order chi connectivity index (χ0) is 18.4. The summed E-state index contributed by atoms with van der Waals surface area (Å²) in [5.41, 5.74) is 0.493. The Kier molecular flexibility index (Phi) is 7.80. The quantitative estimate of drug-likeness (QED) is 0.438. The van der Waals surface area contributed by atoms with Crippen molar-refractivity contribution in [1.82, 2.24) is 15.0 Å². The number of nitrogens with zero attached hydrogens (tertiary/aromatic N) is 3. The number of esters is 1. The van der Waals surface area contributed by atoms with Crippen molar-refractivity contribution >= 4 is 11.5 Å². The largest absolute Gasteiger partial charge is 0.503 e. The van der Waals surface area contributed by atoms with Crippen molar-refractivity contribution in [1.29, 1.82) is 0 Å². The average molecular weight is 394 g/mol. The van der Waals surface area contributed by atoms with E-state index in [1.165, 1.54) is 26.8 Å². The van der Waals surface area contributed by atoms with Gasteiger partial charge in [-0.25, -0.2) is 9.78 Å². The third kappa shape index (κ3) is 5.31. The van der Waals surface area contributed by atoms with Gasteiger partial charge in [-0.05, 0) is 6.07 Å². The van der Waals surface area contributed by atoms with Gasteiger partial charge in [0.05, 0.1) is 20.5 Å². The van der Waals surface area contributed by atoms with Gasteiger partial charge < -0.3 is 14.2 Å². The summed E-state index contributed by atoms with van der Waals surface area (Å²) in [6, 6.07) is 7.15. The standard InChI is InChI=1S/C18H21N3O4.V/c1-18(2,3)16-19-11-20-17(21-16)25-14-9-7-6-8-12(14)13(10-23-4)15(22)24-5;/h6-11H,1-5H3;/b13-10+;. The Morgan fingerprint density at radius 3 is 2.42 bits per heavy atom. The van der Waals surface area contributed by atoms with Gasteiger partial charge in [0.15, 0.2) is 0 Å². The molecule has 0 N–H and O–H groups in total. The van der Waals surface area contributed by atoms with Crippen molar-refractivity contribution in [2.75, 3.05) is 14.2 Å². The Morgan fingerprint density at radius 2 is 1.81 bits per heavy atom. The number of aromatic nitrogens is 3. The Bertz CT molecular complexity index is 788. The van der Waals surface area contributed by atoms with Crippen LogP contribution >= 0.6 is 0 Å². The Balaban J connectivity index is 0.00000338. The Labute approximate surface area is 164 Å². The number of methoxy groups -OCH3 is 2. The second-order valence-electron chi connectivity index (χ2n) is 6.20. The summed E-state index contributed by atoms with van der Waals surface area (Å²) < 4.78 is 15.6. The molecule has 0 saturated carbocycles. The van der Waals surface area contributed by atoms with Gasteiger partial charge in [-0.1, -0.05) is 39.0 Å². The van der Waals surface area contributed by atoms with Crippen molar-refractivity contribution in [2.45, 2.75) is 26.2 Å². The predicted molar refractivity (Wildman–Crippen MR) is 92.0 cm³/mol. The summed E-state index contributed by atoms with van der Waals surface area (Å²) in [7, 11) is 2.75. The van der Waals surface area contributed by atoms with Gasteiger partial charge in [0.1, 0.15) is 23.5 Å². The maximum atomic E-state index is 12.0. The van der Waals surface area contributed by atoms with Gasteiger partial charge in [0.2, 0.25) is 0 Å². The fourth-order valence-electron chi connectivity index (χ4n) is 2.02. The van der Waals surface area contributed by atoms with Crippen molar-refractivity contribution < 1.29 is 37.6 Å². The number of benzene rings is 1. The van der Waals surface area contributed by atoms with Crippen LogP contribution in [0.3, 0.4) is 0 Å². The summed E-state index contributed by atoms with van der Waals surface area (Å²) in [5.74, 6) is 0.474. The molecule has 8 heteroatoms. The molecular weight excluding hydrogens is 373 g/mol. The minimum atomic E-state index is -0.538. The molecule has 0 spiro atoms. The molecule has 0 saturated heterocycles. The maximum Gasteiger partial charge on any atom is 0.341 e. The molecule has 7 nitrogen and oxygen atoms in total. The molecule has 1 radical (unpaired) electrons. The monoisotopic (exact) mass is 394 g/mol. The maximum absolute atomic E-state index is 12.0. The summed E-state index contributed by atoms with van der Waals surface area (Å²) in [5, 5.41) is 0. The Hall–Kier alpha value is -2.38. The first-order chi connectivity index (χ1) is 11.9. The summed E-state index contributed by atoms with van der Waals surface area (Å²) in [4.78, 5) is 24.6. The number of carbonyl (C=O) groups is 1. The molecule has 0 fully saturated rings. The van der Waals surface area contributed by atoms with E-state index in [-0.39, 0.29) is 35.6 Å². The SMILES string of the molecule is CO/C=C(/C(=O)OC)c1ccccc1Oc1ncnc(C(C)(C)C)n1.[V]. The van der Waals surface area contributed by atoms with Crippen LogP contribution in [0, 0.1) is 0 Å². The van der Waals surface area contributed by atoms with Gasteiger partial charge in [0, 0.05) is 29.5 Å². The van der Waals surface area contributed by atoms with Crippen LogP contribution in [-0.2, 0) is 38.2 Å². The third-order valence-electron chi connectivity index (χ3n) is 3.24. The smallest absolute Gasteiger partial charge is 0.341 e. The first-order valence-corrected chi connectivity index (χ1v) is 7.65. The minimum absolute atomic E-state index is 0. The molecule has 1 aromatic carbocycles. The number of ether oxygens (including phenoxy) is 3. The second-order valence-corrected chi connectivity index (χ2v) is 6.20. The molecule has 0 aliphatic carbocycles. The average Bonchev–Trinajstić information content (AvgIpc) is 2.59.